The molecule has 1 aliphatic rings. The number of aromatic amines is 1. The Balaban J connectivity index is 1.48. The van der Waals surface area contributed by atoms with Gasteiger partial charge in [-0.1, -0.05) is 29.0 Å². The molecule has 0 bridgehead atoms. The molecule has 0 unspecified atom stereocenters. The van der Waals surface area contributed by atoms with Gasteiger partial charge in [-0.25, -0.2) is 14.2 Å². The number of carboxylic acid groups (broad SMARTS) is 1. The lowest BCUT2D eigenvalue weighted by molar-refractivity contribution is 0.0699. The average Bonchev–Trinajstić information content (AvgIpc) is 3.30. The van der Waals surface area contributed by atoms with Crippen LogP contribution in [0.15, 0.2) is 18.2 Å². The molecular weight excluding hydrogens is 445 g/mol. The van der Waals surface area contributed by atoms with Gasteiger partial charge in [-0.05, 0) is 25.5 Å². The van der Waals surface area contributed by atoms with E-state index >= 15 is 0 Å². The summed E-state index contributed by atoms with van der Waals surface area (Å²) in [7, 11) is 0. The van der Waals surface area contributed by atoms with E-state index in [4.69, 9.17) is 11.6 Å². The van der Waals surface area contributed by atoms with Gasteiger partial charge in [-0.15, -0.1) is 0 Å². The van der Waals surface area contributed by atoms with Crippen molar-refractivity contribution in [1.82, 2.24) is 15.3 Å². The first-order valence-corrected chi connectivity index (χ1v) is 10.6. The van der Waals surface area contributed by atoms with Crippen molar-refractivity contribution in [2.45, 2.75) is 25.6 Å². The second-order valence-electron chi connectivity index (χ2n) is 7.21. The Morgan fingerprint density at radius 3 is 2.94 bits per heavy atom. The molecule has 2 aromatic heterocycles. The molecule has 0 saturated carbocycles. The summed E-state index contributed by atoms with van der Waals surface area (Å²) < 4.78 is 15.5. The quantitative estimate of drug-likeness (QED) is 0.546. The number of thiazole rings is 1. The van der Waals surface area contributed by atoms with Crippen LogP contribution >= 0.6 is 22.9 Å². The minimum absolute atomic E-state index is 0.00277. The molecule has 3 N–H and O–H groups in total. The summed E-state index contributed by atoms with van der Waals surface area (Å²) in [6, 6.07) is 6.01. The highest BCUT2D eigenvalue weighted by Gasteiger charge is 2.33. The van der Waals surface area contributed by atoms with Crippen LogP contribution in [0.3, 0.4) is 0 Å². The van der Waals surface area contributed by atoms with E-state index in [1.165, 1.54) is 17.4 Å². The number of aromatic carboxylic acids is 1. The SMILES string of the molecule is Cc1[nH]c(C(=O)N[C@@H]2CCN(c3nc4cccc(C(=O)O)c4s3)C[C@@H]2F)c(C#N)c1Cl. The molecule has 11 heteroatoms. The molecule has 1 amide bonds. The Bertz CT molecular complexity index is 1230. The van der Waals surface area contributed by atoms with Gasteiger partial charge in [0, 0.05) is 12.2 Å². The van der Waals surface area contributed by atoms with Crippen LogP contribution in [0.25, 0.3) is 10.2 Å². The van der Waals surface area contributed by atoms with Gasteiger partial charge in [0.2, 0.25) is 0 Å². The molecule has 8 nitrogen and oxygen atoms in total. The monoisotopic (exact) mass is 461 g/mol. The lowest BCUT2D eigenvalue weighted by Crippen LogP contribution is -2.52. The summed E-state index contributed by atoms with van der Waals surface area (Å²) in [5.41, 5.74) is 1.26. The van der Waals surface area contributed by atoms with Crippen LogP contribution in [0.4, 0.5) is 9.52 Å². The molecule has 4 rings (SSSR count). The maximum atomic E-state index is 14.9. The van der Waals surface area contributed by atoms with E-state index in [9.17, 15) is 24.3 Å². The molecule has 1 saturated heterocycles. The Kier molecular flexibility index (Phi) is 5.56. The van der Waals surface area contributed by atoms with Crippen molar-refractivity contribution in [3.05, 3.63) is 45.7 Å². The minimum atomic E-state index is -1.37. The number of fused-ring (bicyclic) bond motifs is 1. The number of aromatic nitrogens is 2. The third-order valence-electron chi connectivity index (χ3n) is 5.21. The maximum Gasteiger partial charge on any atom is 0.337 e. The van der Waals surface area contributed by atoms with E-state index in [2.05, 4.69) is 15.3 Å². The van der Waals surface area contributed by atoms with Crippen molar-refractivity contribution in [1.29, 1.82) is 5.26 Å². The standard InChI is InChI=1S/C20H17ClFN5O3S/c1-9-15(21)11(7-23)16(24-9)18(28)25-13-5-6-27(8-12(13)22)20-26-14-4-2-3-10(19(29)30)17(14)31-20/h2-4,12-13,24H,5-6,8H2,1H3,(H,25,28)(H,29,30)/t12-,13+/m0/s1. The molecule has 0 radical (unpaired) electrons. The van der Waals surface area contributed by atoms with Crippen LogP contribution in [0, 0.1) is 18.3 Å². The Hall–Kier alpha value is -3.16. The molecule has 0 spiro atoms. The third-order valence-corrected chi connectivity index (χ3v) is 6.85. The molecule has 160 valence electrons. The number of amides is 1. The molecule has 2 atom stereocenters. The first-order valence-electron chi connectivity index (χ1n) is 9.41. The fourth-order valence-corrected chi connectivity index (χ4v) is 4.89. The second-order valence-corrected chi connectivity index (χ2v) is 8.57. The Labute approximate surface area is 185 Å². The van der Waals surface area contributed by atoms with E-state index in [1.54, 1.807) is 24.0 Å². The van der Waals surface area contributed by atoms with Crippen LogP contribution < -0.4 is 10.2 Å². The number of rotatable bonds is 4. The number of halogens is 2. The predicted molar refractivity (Wildman–Crippen MR) is 115 cm³/mol. The van der Waals surface area contributed by atoms with Gasteiger partial charge in [-0.3, -0.25) is 4.79 Å². The van der Waals surface area contributed by atoms with Crippen LogP contribution in [0.1, 0.15) is 38.5 Å². The van der Waals surface area contributed by atoms with Gasteiger partial charge in [0.25, 0.3) is 5.91 Å². The summed E-state index contributed by atoms with van der Waals surface area (Å²) in [5.74, 6) is -1.62. The van der Waals surface area contributed by atoms with Crippen LogP contribution in [0.5, 0.6) is 0 Å². The minimum Gasteiger partial charge on any atom is -0.478 e. The number of carbonyl (C=O) groups excluding carboxylic acids is 1. The van der Waals surface area contributed by atoms with Gasteiger partial charge in [-0.2, -0.15) is 5.26 Å². The van der Waals surface area contributed by atoms with E-state index in [0.717, 1.165) is 0 Å². The van der Waals surface area contributed by atoms with Crippen LogP contribution in [0.2, 0.25) is 5.02 Å². The second kappa shape index (κ2) is 8.17. The van der Waals surface area contributed by atoms with Gasteiger partial charge in [0.05, 0.1) is 33.4 Å². The van der Waals surface area contributed by atoms with Gasteiger partial charge < -0.3 is 20.3 Å². The smallest absolute Gasteiger partial charge is 0.337 e. The number of aryl methyl sites for hydroxylation is 1. The average molecular weight is 462 g/mol. The molecule has 1 aromatic carbocycles. The highest BCUT2D eigenvalue weighted by atomic mass is 35.5. The number of nitrogens with one attached hydrogen (secondary N) is 2. The number of H-pyrrole nitrogens is 1. The van der Waals surface area contributed by atoms with E-state index < -0.39 is 24.1 Å². The first kappa shape index (κ1) is 21.1. The topological polar surface area (TPSA) is 122 Å². The summed E-state index contributed by atoms with van der Waals surface area (Å²) in [6.45, 7) is 2.08. The molecule has 3 heterocycles. The van der Waals surface area contributed by atoms with Crippen molar-refractivity contribution >= 4 is 50.2 Å². The van der Waals surface area contributed by atoms with E-state index in [0.29, 0.717) is 34.0 Å². The number of anilines is 1. The van der Waals surface area contributed by atoms with Gasteiger partial charge in [0.1, 0.15) is 23.5 Å². The Morgan fingerprint density at radius 1 is 1.48 bits per heavy atom. The fourth-order valence-electron chi connectivity index (χ4n) is 3.60. The lowest BCUT2D eigenvalue weighted by Gasteiger charge is -2.34. The zero-order valence-electron chi connectivity index (χ0n) is 16.3. The summed E-state index contributed by atoms with van der Waals surface area (Å²) in [4.78, 5) is 33.0. The number of hydrogen-bond acceptors (Lipinski definition) is 6. The highest BCUT2D eigenvalue weighted by Crippen LogP contribution is 2.33. The highest BCUT2D eigenvalue weighted by molar-refractivity contribution is 7.22. The predicted octanol–water partition coefficient (Wildman–Crippen LogP) is 3.50. The number of carbonyl (C=O) groups is 2. The lowest BCUT2D eigenvalue weighted by atomic mass is 10.0. The van der Waals surface area contributed by atoms with E-state index in [-0.39, 0.29) is 28.4 Å². The van der Waals surface area contributed by atoms with Crippen molar-refractivity contribution in [2.24, 2.45) is 0 Å². The van der Waals surface area contributed by atoms with Crippen molar-refractivity contribution < 1.29 is 19.1 Å². The van der Waals surface area contributed by atoms with Crippen molar-refractivity contribution in [3.8, 4) is 6.07 Å². The molecule has 31 heavy (non-hydrogen) atoms. The number of hydrogen-bond donors (Lipinski definition) is 3. The summed E-state index contributed by atoms with van der Waals surface area (Å²) in [6.07, 6.45) is -1.05. The molecular formula is C20H17ClFN5O3S. The molecule has 1 aliphatic heterocycles. The normalized spacial score (nSPS) is 18.7. The van der Waals surface area contributed by atoms with Crippen LogP contribution in [-0.2, 0) is 0 Å². The number of nitrogens with zero attached hydrogens (tertiary/aromatic N) is 3. The van der Waals surface area contributed by atoms with Crippen molar-refractivity contribution in [3.63, 3.8) is 0 Å². The van der Waals surface area contributed by atoms with Gasteiger partial charge >= 0.3 is 5.97 Å². The fraction of sp³-hybridized carbons (Fsp3) is 0.300. The van der Waals surface area contributed by atoms with Gasteiger partial charge in [0.15, 0.2) is 5.13 Å². The summed E-state index contributed by atoms with van der Waals surface area (Å²) in [5, 5.41) is 21.9. The number of alkyl halides is 1. The first-order chi connectivity index (χ1) is 14.8. The van der Waals surface area contributed by atoms with Crippen LogP contribution in [-0.4, -0.2) is 52.3 Å². The Morgan fingerprint density at radius 2 is 2.26 bits per heavy atom. The largest absolute Gasteiger partial charge is 0.478 e. The maximum absolute atomic E-state index is 14.9. The zero-order chi connectivity index (χ0) is 22.3. The number of piperidine rings is 1. The molecule has 0 aliphatic carbocycles. The molecule has 3 aromatic rings. The number of nitriles is 1. The summed E-state index contributed by atoms with van der Waals surface area (Å²) >= 11 is 7.23. The third kappa shape index (κ3) is 3.82. The van der Waals surface area contributed by atoms with E-state index in [1.807, 2.05) is 6.07 Å². The zero-order valence-corrected chi connectivity index (χ0v) is 17.9. The van der Waals surface area contributed by atoms with Crippen molar-refractivity contribution in [2.75, 3.05) is 18.0 Å². The number of benzene rings is 1. The number of carboxylic acids is 1. The molecule has 1 fully saturated rings.